The van der Waals surface area contributed by atoms with Crippen molar-refractivity contribution in [2.75, 3.05) is 7.11 Å². The first kappa shape index (κ1) is 17.7. The molecule has 0 aliphatic heterocycles. The van der Waals surface area contributed by atoms with Crippen molar-refractivity contribution in [3.8, 4) is 10.6 Å². The minimum atomic E-state index is -0.446. The van der Waals surface area contributed by atoms with Crippen molar-refractivity contribution in [2.24, 2.45) is 0 Å². The van der Waals surface area contributed by atoms with Crippen molar-refractivity contribution in [1.29, 1.82) is 0 Å². The summed E-state index contributed by atoms with van der Waals surface area (Å²) in [6, 6.07) is 3.44. The van der Waals surface area contributed by atoms with Crippen LogP contribution in [0.2, 0.25) is 4.34 Å². The molecule has 0 bridgehead atoms. The second kappa shape index (κ2) is 7.81. The van der Waals surface area contributed by atoms with Crippen LogP contribution >= 0.6 is 34.3 Å². The van der Waals surface area contributed by atoms with Gasteiger partial charge in [-0.05, 0) is 12.1 Å². The van der Waals surface area contributed by atoms with Crippen molar-refractivity contribution < 1.29 is 18.7 Å². The summed E-state index contributed by atoms with van der Waals surface area (Å²) in [6.07, 6.45) is 3.36. The van der Waals surface area contributed by atoms with Gasteiger partial charge < -0.3 is 14.5 Å². The minimum absolute atomic E-state index is 0.167. The van der Waals surface area contributed by atoms with E-state index >= 15 is 0 Å². The zero-order valence-corrected chi connectivity index (χ0v) is 15.5. The van der Waals surface area contributed by atoms with Crippen LogP contribution in [0.3, 0.4) is 0 Å². The van der Waals surface area contributed by atoms with Crippen LogP contribution in [-0.2, 0) is 22.5 Å². The van der Waals surface area contributed by atoms with Gasteiger partial charge >= 0.3 is 5.97 Å². The van der Waals surface area contributed by atoms with Crippen LogP contribution in [0, 0.1) is 0 Å². The topological polar surface area (TPSA) is 81.4 Å². The Balaban J connectivity index is 1.57. The molecule has 25 heavy (non-hydrogen) atoms. The molecule has 9 heteroatoms. The molecule has 3 heterocycles. The van der Waals surface area contributed by atoms with Gasteiger partial charge in [0.2, 0.25) is 5.91 Å². The Morgan fingerprint density at radius 2 is 2.28 bits per heavy atom. The van der Waals surface area contributed by atoms with Gasteiger partial charge in [0.05, 0.1) is 29.8 Å². The lowest BCUT2D eigenvalue weighted by Gasteiger charge is -2.02. The van der Waals surface area contributed by atoms with Gasteiger partial charge in [-0.1, -0.05) is 11.6 Å². The summed E-state index contributed by atoms with van der Waals surface area (Å²) < 4.78 is 10.1. The van der Waals surface area contributed by atoms with Gasteiger partial charge in [0.1, 0.15) is 16.1 Å². The SMILES string of the molecule is COC(=O)c1cc(CNC(=O)Cc2csc(-c3ccoc3)n2)c(Cl)s1. The largest absolute Gasteiger partial charge is 0.472 e. The molecule has 3 aromatic rings. The molecule has 0 aromatic carbocycles. The smallest absolute Gasteiger partial charge is 0.348 e. The Bertz CT molecular complexity index is 886. The third kappa shape index (κ3) is 4.28. The number of ether oxygens (including phenoxy) is 1. The predicted octanol–water partition coefficient (Wildman–Crippen LogP) is 3.76. The van der Waals surface area contributed by atoms with E-state index in [2.05, 4.69) is 15.0 Å². The lowest BCUT2D eigenvalue weighted by molar-refractivity contribution is -0.120. The second-order valence-electron chi connectivity index (χ2n) is 5.01. The number of nitrogens with zero attached hydrogens (tertiary/aromatic N) is 1. The monoisotopic (exact) mass is 396 g/mol. The van der Waals surface area contributed by atoms with Crippen LogP contribution in [0.15, 0.2) is 34.5 Å². The number of nitrogens with one attached hydrogen (secondary N) is 1. The molecule has 3 aromatic heterocycles. The van der Waals surface area contributed by atoms with Gasteiger partial charge in [-0.15, -0.1) is 22.7 Å². The fraction of sp³-hybridized carbons (Fsp3) is 0.188. The van der Waals surface area contributed by atoms with E-state index in [1.807, 2.05) is 11.4 Å². The molecule has 0 fully saturated rings. The van der Waals surface area contributed by atoms with E-state index < -0.39 is 5.97 Å². The quantitative estimate of drug-likeness (QED) is 0.641. The molecule has 0 unspecified atom stereocenters. The number of carbonyl (C=O) groups excluding carboxylic acids is 2. The summed E-state index contributed by atoms with van der Waals surface area (Å²) in [6.45, 7) is 0.240. The summed E-state index contributed by atoms with van der Waals surface area (Å²) in [5.41, 5.74) is 2.25. The molecule has 3 rings (SSSR count). The van der Waals surface area contributed by atoms with Gasteiger partial charge in [-0.3, -0.25) is 4.79 Å². The van der Waals surface area contributed by atoms with Crippen molar-refractivity contribution >= 4 is 46.2 Å². The zero-order valence-electron chi connectivity index (χ0n) is 13.1. The molecule has 0 radical (unpaired) electrons. The van der Waals surface area contributed by atoms with Crippen LogP contribution in [0.5, 0.6) is 0 Å². The number of thiazole rings is 1. The lowest BCUT2D eigenvalue weighted by atomic mass is 10.2. The minimum Gasteiger partial charge on any atom is -0.472 e. The number of amides is 1. The third-order valence-electron chi connectivity index (χ3n) is 3.28. The fourth-order valence-electron chi connectivity index (χ4n) is 2.06. The molecule has 0 saturated heterocycles. The highest BCUT2D eigenvalue weighted by Gasteiger charge is 2.15. The van der Waals surface area contributed by atoms with Crippen molar-refractivity contribution in [3.63, 3.8) is 0 Å². The van der Waals surface area contributed by atoms with Crippen LogP contribution < -0.4 is 5.32 Å². The van der Waals surface area contributed by atoms with Crippen LogP contribution in [0.4, 0.5) is 0 Å². The maximum atomic E-state index is 12.1. The number of methoxy groups -OCH3 is 1. The number of thiophene rings is 1. The van der Waals surface area contributed by atoms with E-state index in [0.717, 1.165) is 21.9 Å². The average molecular weight is 397 g/mol. The highest BCUT2D eigenvalue weighted by Crippen LogP contribution is 2.28. The van der Waals surface area contributed by atoms with Crippen molar-refractivity contribution in [1.82, 2.24) is 10.3 Å². The Morgan fingerprint density at radius 1 is 1.44 bits per heavy atom. The van der Waals surface area contributed by atoms with Crippen LogP contribution in [-0.4, -0.2) is 24.0 Å². The Morgan fingerprint density at radius 3 is 3.00 bits per heavy atom. The first-order valence-electron chi connectivity index (χ1n) is 7.17. The van der Waals surface area contributed by atoms with Crippen LogP contribution in [0.1, 0.15) is 20.9 Å². The normalized spacial score (nSPS) is 10.6. The van der Waals surface area contributed by atoms with Crippen molar-refractivity contribution in [3.05, 3.63) is 50.5 Å². The first-order chi connectivity index (χ1) is 12.1. The molecule has 130 valence electrons. The van der Waals surface area contributed by atoms with E-state index in [4.69, 9.17) is 16.0 Å². The summed E-state index contributed by atoms with van der Waals surface area (Å²) in [4.78, 5) is 28.4. The van der Waals surface area contributed by atoms with Gasteiger partial charge in [0, 0.05) is 23.1 Å². The second-order valence-corrected chi connectivity index (χ2v) is 7.52. The van der Waals surface area contributed by atoms with E-state index in [-0.39, 0.29) is 18.9 Å². The van der Waals surface area contributed by atoms with Crippen molar-refractivity contribution in [2.45, 2.75) is 13.0 Å². The first-order valence-corrected chi connectivity index (χ1v) is 9.24. The number of hydrogen-bond donors (Lipinski definition) is 1. The molecular formula is C16H13ClN2O4S2. The van der Waals surface area contributed by atoms with Gasteiger partial charge in [0.25, 0.3) is 0 Å². The Kier molecular flexibility index (Phi) is 5.52. The molecule has 6 nitrogen and oxygen atoms in total. The van der Waals surface area contributed by atoms with Crippen LogP contribution in [0.25, 0.3) is 10.6 Å². The molecule has 0 saturated carbocycles. The number of aromatic nitrogens is 1. The number of furan rings is 1. The molecule has 1 amide bonds. The molecule has 0 aliphatic rings. The number of rotatable bonds is 6. The summed E-state index contributed by atoms with van der Waals surface area (Å²) in [5, 5.41) is 5.43. The predicted molar refractivity (Wildman–Crippen MR) is 96.0 cm³/mol. The number of carbonyl (C=O) groups is 2. The van der Waals surface area contributed by atoms with Gasteiger partial charge in [-0.2, -0.15) is 0 Å². The molecule has 0 atom stereocenters. The summed E-state index contributed by atoms with van der Waals surface area (Å²) in [5.74, 6) is -0.621. The summed E-state index contributed by atoms with van der Waals surface area (Å²) in [7, 11) is 1.31. The molecule has 1 N–H and O–H groups in total. The lowest BCUT2D eigenvalue weighted by Crippen LogP contribution is -2.24. The fourth-order valence-corrected chi connectivity index (χ4v) is 4.06. The average Bonchev–Trinajstić information content (AvgIpc) is 3.32. The summed E-state index contributed by atoms with van der Waals surface area (Å²) >= 11 is 8.67. The van der Waals surface area contributed by atoms with E-state index in [9.17, 15) is 9.59 Å². The zero-order chi connectivity index (χ0) is 17.8. The molecule has 0 aliphatic carbocycles. The Hall–Kier alpha value is -2.16. The number of esters is 1. The maximum absolute atomic E-state index is 12.1. The highest BCUT2D eigenvalue weighted by molar-refractivity contribution is 7.18. The van der Waals surface area contributed by atoms with Gasteiger partial charge in [-0.25, -0.2) is 9.78 Å². The van der Waals surface area contributed by atoms with Gasteiger partial charge in [0.15, 0.2) is 0 Å². The molecule has 0 spiro atoms. The third-order valence-corrected chi connectivity index (χ3v) is 5.64. The molecular weight excluding hydrogens is 384 g/mol. The highest BCUT2D eigenvalue weighted by atomic mass is 35.5. The van der Waals surface area contributed by atoms with E-state index in [1.54, 1.807) is 18.6 Å². The van der Waals surface area contributed by atoms with E-state index in [1.165, 1.54) is 18.4 Å². The van der Waals surface area contributed by atoms with E-state index in [0.29, 0.717) is 20.5 Å². The number of hydrogen-bond acceptors (Lipinski definition) is 7. The maximum Gasteiger partial charge on any atom is 0.348 e. The number of halogens is 1. The standard InChI is InChI=1S/C16H13ClN2O4S2/c1-22-16(21)12-4-10(14(17)25-12)6-18-13(20)5-11-8-24-15(19-11)9-2-3-23-7-9/h2-4,7-8H,5-6H2,1H3,(H,18,20). The Labute approximate surface area is 156 Å².